The van der Waals surface area contributed by atoms with Gasteiger partial charge in [0, 0.05) is 30.2 Å². The summed E-state index contributed by atoms with van der Waals surface area (Å²) in [4.78, 5) is 0. The minimum Gasteiger partial charge on any atom is -0.493 e. The molecule has 5 heteroatoms. The summed E-state index contributed by atoms with van der Waals surface area (Å²) in [5.41, 5.74) is 0.892. The average molecular weight is 272 g/mol. The van der Waals surface area contributed by atoms with Gasteiger partial charge in [-0.25, -0.2) is 0 Å². The van der Waals surface area contributed by atoms with Crippen LogP contribution in [0.5, 0.6) is 17.2 Å². The van der Waals surface area contributed by atoms with E-state index in [1.54, 1.807) is 21.3 Å². The van der Waals surface area contributed by atoms with E-state index in [1.165, 1.54) is 0 Å². The Labute approximate surface area is 112 Å². The molecule has 0 atom stereocenters. The van der Waals surface area contributed by atoms with Gasteiger partial charge in [0.2, 0.25) is 5.75 Å². The van der Waals surface area contributed by atoms with E-state index >= 15 is 0 Å². The van der Waals surface area contributed by atoms with E-state index in [-0.39, 0.29) is 0 Å². The van der Waals surface area contributed by atoms with Crippen LogP contribution in [0.4, 0.5) is 5.69 Å². The van der Waals surface area contributed by atoms with Crippen LogP contribution in [0.25, 0.3) is 0 Å². The first kappa shape index (κ1) is 14.5. The molecule has 0 aromatic heterocycles. The third-order valence-electron chi connectivity index (χ3n) is 2.34. The first-order chi connectivity index (χ1) is 8.76. The maximum absolute atomic E-state index is 5.55. The van der Waals surface area contributed by atoms with Gasteiger partial charge in [0.25, 0.3) is 0 Å². The Morgan fingerprint density at radius 2 is 1.67 bits per heavy atom. The number of ether oxygens (including phenoxy) is 3. The van der Waals surface area contributed by atoms with Gasteiger partial charge in [-0.15, -0.1) is 11.6 Å². The quantitative estimate of drug-likeness (QED) is 0.611. The maximum Gasteiger partial charge on any atom is 0.203 e. The summed E-state index contributed by atoms with van der Waals surface area (Å²) in [6.07, 6.45) is 3.84. The Kier molecular flexibility index (Phi) is 6.22. The van der Waals surface area contributed by atoms with Gasteiger partial charge in [-0.2, -0.15) is 0 Å². The van der Waals surface area contributed by atoms with Gasteiger partial charge in [-0.3, -0.25) is 0 Å². The molecule has 0 aliphatic carbocycles. The number of anilines is 1. The molecule has 0 spiro atoms. The van der Waals surface area contributed by atoms with Crippen molar-refractivity contribution in [3.05, 3.63) is 24.3 Å². The van der Waals surface area contributed by atoms with Crippen LogP contribution in [0.15, 0.2) is 24.3 Å². The van der Waals surface area contributed by atoms with Crippen LogP contribution in [0, 0.1) is 0 Å². The van der Waals surface area contributed by atoms with Crippen LogP contribution in [-0.2, 0) is 0 Å². The molecule has 0 unspecified atom stereocenters. The number of allylic oxidation sites excluding steroid dienone is 1. The summed E-state index contributed by atoms with van der Waals surface area (Å²) in [5.74, 6) is 2.35. The van der Waals surface area contributed by atoms with Crippen LogP contribution < -0.4 is 19.5 Å². The van der Waals surface area contributed by atoms with E-state index in [4.69, 9.17) is 25.8 Å². The van der Waals surface area contributed by atoms with Crippen molar-refractivity contribution in [2.24, 2.45) is 0 Å². The lowest BCUT2D eigenvalue weighted by molar-refractivity contribution is 0.324. The van der Waals surface area contributed by atoms with Gasteiger partial charge in [0.05, 0.1) is 21.3 Å². The summed E-state index contributed by atoms with van der Waals surface area (Å²) in [5, 5.41) is 3.22. The highest BCUT2D eigenvalue weighted by atomic mass is 35.5. The lowest BCUT2D eigenvalue weighted by Crippen LogP contribution is -2.01. The summed E-state index contributed by atoms with van der Waals surface area (Å²) in [7, 11) is 4.76. The minimum atomic E-state index is 0.511. The zero-order chi connectivity index (χ0) is 13.4. The third kappa shape index (κ3) is 3.74. The van der Waals surface area contributed by atoms with Crippen molar-refractivity contribution in [2.75, 3.05) is 39.1 Å². The molecule has 0 saturated carbocycles. The Morgan fingerprint density at radius 1 is 1.06 bits per heavy atom. The molecule has 1 aromatic carbocycles. The fraction of sp³-hybridized carbons (Fsp3) is 0.385. The molecule has 1 rings (SSSR count). The fourth-order valence-corrected chi connectivity index (χ4v) is 1.63. The third-order valence-corrected chi connectivity index (χ3v) is 2.52. The number of rotatable bonds is 7. The Hall–Kier alpha value is -1.55. The van der Waals surface area contributed by atoms with E-state index in [0.717, 1.165) is 5.69 Å². The van der Waals surface area contributed by atoms with Crippen LogP contribution >= 0.6 is 11.6 Å². The van der Waals surface area contributed by atoms with E-state index < -0.39 is 0 Å². The summed E-state index contributed by atoms with van der Waals surface area (Å²) in [6.45, 7) is 0.686. The summed E-state index contributed by atoms with van der Waals surface area (Å²) >= 11 is 5.55. The molecule has 0 saturated heterocycles. The first-order valence-electron chi connectivity index (χ1n) is 5.51. The Balaban J connectivity index is 2.89. The number of halogens is 1. The van der Waals surface area contributed by atoms with Gasteiger partial charge < -0.3 is 19.5 Å². The fourth-order valence-electron chi connectivity index (χ4n) is 1.51. The molecule has 0 radical (unpaired) electrons. The first-order valence-corrected chi connectivity index (χ1v) is 6.05. The molecule has 0 heterocycles. The minimum absolute atomic E-state index is 0.511. The van der Waals surface area contributed by atoms with E-state index in [2.05, 4.69) is 5.32 Å². The zero-order valence-corrected chi connectivity index (χ0v) is 11.6. The van der Waals surface area contributed by atoms with Crippen molar-refractivity contribution < 1.29 is 14.2 Å². The normalized spacial score (nSPS) is 10.4. The smallest absolute Gasteiger partial charge is 0.203 e. The second-order valence-electron chi connectivity index (χ2n) is 3.42. The summed E-state index contributed by atoms with van der Waals surface area (Å²) in [6, 6.07) is 3.71. The number of methoxy groups -OCH3 is 3. The van der Waals surface area contributed by atoms with Crippen LogP contribution in [0.2, 0.25) is 0 Å². The molecule has 4 nitrogen and oxygen atoms in total. The zero-order valence-electron chi connectivity index (χ0n) is 10.8. The number of benzene rings is 1. The number of nitrogens with one attached hydrogen (secondary N) is 1. The molecule has 0 bridgehead atoms. The van der Waals surface area contributed by atoms with E-state index in [9.17, 15) is 0 Å². The molecule has 0 aliphatic heterocycles. The average Bonchev–Trinajstić information content (AvgIpc) is 2.42. The lowest BCUT2D eigenvalue weighted by Gasteiger charge is -2.14. The largest absolute Gasteiger partial charge is 0.493 e. The maximum atomic E-state index is 5.55. The second kappa shape index (κ2) is 7.71. The topological polar surface area (TPSA) is 39.7 Å². The standard InChI is InChI=1S/C13H18ClNO3/c1-16-11-8-10(15-7-5-4-6-14)9-12(17-2)13(11)18-3/h4-5,8-9,15H,6-7H2,1-3H3/b5-4+. The molecular formula is C13H18ClNO3. The van der Waals surface area contributed by atoms with Gasteiger partial charge in [-0.05, 0) is 0 Å². The van der Waals surface area contributed by atoms with Crippen LogP contribution in [-0.4, -0.2) is 33.8 Å². The van der Waals surface area contributed by atoms with Crippen LogP contribution in [0.1, 0.15) is 0 Å². The van der Waals surface area contributed by atoms with Gasteiger partial charge in [0.1, 0.15) is 0 Å². The van der Waals surface area contributed by atoms with Crippen molar-refractivity contribution in [3.63, 3.8) is 0 Å². The van der Waals surface area contributed by atoms with Crippen molar-refractivity contribution in [3.8, 4) is 17.2 Å². The highest BCUT2D eigenvalue weighted by molar-refractivity contribution is 6.18. The number of hydrogen-bond acceptors (Lipinski definition) is 4. The molecule has 0 aliphatic rings. The highest BCUT2D eigenvalue weighted by Crippen LogP contribution is 2.39. The van der Waals surface area contributed by atoms with Crippen molar-refractivity contribution in [1.82, 2.24) is 0 Å². The molecule has 0 amide bonds. The monoisotopic (exact) mass is 271 g/mol. The SMILES string of the molecule is COc1cc(NC/C=C/CCl)cc(OC)c1OC. The van der Waals surface area contributed by atoms with E-state index in [1.807, 2.05) is 24.3 Å². The molecule has 0 fully saturated rings. The van der Waals surface area contributed by atoms with Gasteiger partial charge >= 0.3 is 0 Å². The van der Waals surface area contributed by atoms with Crippen molar-refractivity contribution >= 4 is 17.3 Å². The number of hydrogen-bond donors (Lipinski definition) is 1. The predicted molar refractivity (Wildman–Crippen MR) is 74.4 cm³/mol. The molecule has 1 aromatic rings. The van der Waals surface area contributed by atoms with Crippen molar-refractivity contribution in [1.29, 1.82) is 0 Å². The molecular weight excluding hydrogens is 254 g/mol. The van der Waals surface area contributed by atoms with Gasteiger partial charge in [-0.1, -0.05) is 12.2 Å². The Morgan fingerprint density at radius 3 is 2.11 bits per heavy atom. The highest BCUT2D eigenvalue weighted by Gasteiger charge is 2.12. The molecule has 1 N–H and O–H groups in total. The van der Waals surface area contributed by atoms with Crippen molar-refractivity contribution in [2.45, 2.75) is 0 Å². The summed E-state index contributed by atoms with van der Waals surface area (Å²) < 4.78 is 15.8. The molecule has 18 heavy (non-hydrogen) atoms. The van der Waals surface area contributed by atoms with Gasteiger partial charge in [0.15, 0.2) is 11.5 Å². The lowest BCUT2D eigenvalue weighted by atomic mass is 10.2. The Bertz CT molecular complexity index is 382. The van der Waals surface area contributed by atoms with Crippen LogP contribution in [0.3, 0.4) is 0 Å². The predicted octanol–water partition coefficient (Wildman–Crippen LogP) is 2.92. The second-order valence-corrected chi connectivity index (χ2v) is 3.73. The van der Waals surface area contributed by atoms with E-state index in [0.29, 0.717) is 29.7 Å². The number of alkyl halides is 1. The molecule has 100 valence electrons.